The number of carbonyl (C=O) groups excluding carboxylic acids is 2. The fourth-order valence-corrected chi connectivity index (χ4v) is 8.00. The molecule has 0 radical (unpaired) electrons. The van der Waals surface area contributed by atoms with Crippen LogP contribution in [0.25, 0.3) is 11.1 Å². The van der Waals surface area contributed by atoms with Gasteiger partial charge in [-0.15, -0.1) is 0 Å². The van der Waals surface area contributed by atoms with E-state index in [1.807, 2.05) is 12.1 Å². The molecule has 256 valence electrons. The zero-order valence-corrected chi connectivity index (χ0v) is 28.5. The second-order valence-electron chi connectivity index (χ2n) is 11.8. The van der Waals surface area contributed by atoms with Gasteiger partial charge < -0.3 is 30.2 Å². The van der Waals surface area contributed by atoms with Crippen molar-refractivity contribution in [2.75, 3.05) is 55.1 Å². The van der Waals surface area contributed by atoms with Crippen LogP contribution in [0, 0.1) is 0 Å². The SMILES string of the molecule is COc1cc2c(c(OC)c1OC)-c1ccc(NCCCC(=O)Nc3cccc(N4CCCCS4(=O)=O)c3)c(=O)cc1[C@H](NC(C)=O)CC2. The Morgan fingerprint density at radius 3 is 2.48 bits per heavy atom. The highest BCUT2D eigenvalue weighted by Crippen LogP contribution is 2.50. The highest BCUT2D eigenvalue weighted by Gasteiger charge is 2.30. The Bertz CT molecular complexity index is 1860. The van der Waals surface area contributed by atoms with Crippen LogP contribution in [0.15, 0.2) is 53.3 Å². The van der Waals surface area contributed by atoms with Gasteiger partial charge >= 0.3 is 0 Å². The second kappa shape index (κ2) is 15.0. The summed E-state index contributed by atoms with van der Waals surface area (Å²) in [5.41, 5.74) is 4.22. The molecule has 0 aromatic heterocycles. The first kappa shape index (κ1) is 34.6. The van der Waals surface area contributed by atoms with Crippen LogP contribution in [-0.2, 0) is 26.0 Å². The van der Waals surface area contributed by atoms with E-state index in [1.54, 1.807) is 50.6 Å². The van der Waals surface area contributed by atoms with Crippen molar-refractivity contribution in [2.45, 2.75) is 51.5 Å². The molecule has 3 N–H and O–H groups in total. The first-order chi connectivity index (χ1) is 23.1. The summed E-state index contributed by atoms with van der Waals surface area (Å²) in [6.45, 7) is 2.22. The van der Waals surface area contributed by atoms with E-state index < -0.39 is 16.1 Å². The van der Waals surface area contributed by atoms with Crippen molar-refractivity contribution in [3.05, 3.63) is 69.9 Å². The number of benzene rings is 2. The number of anilines is 3. The van der Waals surface area contributed by atoms with Gasteiger partial charge in [0.1, 0.15) is 0 Å². The van der Waals surface area contributed by atoms with E-state index in [2.05, 4.69) is 16.0 Å². The summed E-state index contributed by atoms with van der Waals surface area (Å²) in [5, 5.41) is 9.02. The van der Waals surface area contributed by atoms with Crippen molar-refractivity contribution in [3.8, 4) is 28.4 Å². The minimum absolute atomic E-state index is 0.116. The molecule has 13 heteroatoms. The first-order valence-corrected chi connectivity index (χ1v) is 17.6. The lowest BCUT2D eigenvalue weighted by molar-refractivity contribution is -0.119. The average molecular weight is 679 g/mol. The van der Waals surface area contributed by atoms with Gasteiger partial charge in [0, 0.05) is 37.7 Å². The summed E-state index contributed by atoms with van der Waals surface area (Å²) in [4.78, 5) is 38.5. The van der Waals surface area contributed by atoms with Gasteiger partial charge in [-0.3, -0.25) is 18.7 Å². The lowest BCUT2D eigenvalue weighted by Gasteiger charge is -2.28. The molecule has 3 aromatic carbocycles. The van der Waals surface area contributed by atoms with Crippen molar-refractivity contribution in [1.82, 2.24) is 5.32 Å². The first-order valence-electron chi connectivity index (χ1n) is 16.0. The molecule has 1 heterocycles. The van der Waals surface area contributed by atoms with Crippen LogP contribution >= 0.6 is 0 Å². The molecule has 2 amide bonds. The summed E-state index contributed by atoms with van der Waals surface area (Å²) < 4.78 is 43.5. The molecule has 3 aromatic rings. The maximum atomic E-state index is 13.5. The van der Waals surface area contributed by atoms with E-state index in [0.717, 1.165) is 23.1 Å². The number of rotatable bonds is 11. The minimum atomic E-state index is -3.36. The molecule has 1 aliphatic heterocycles. The molecule has 0 bridgehead atoms. The van der Waals surface area contributed by atoms with Crippen LogP contribution in [0.4, 0.5) is 17.1 Å². The van der Waals surface area contributed by atoms with Crippen molar-refractivity contribution in [1.29, 1.82) is 0 Å². The summed E-state index contributed by atoms with van der Waals surface area (Å²) >= 11 is 0. The van der Waals surface area contributed by atoms with Gasteiger partial charge in [0.25, 0.3) is 0 Å². The number of ether oxygens (including phenoxy) is 3. The molecule has 2 aliphatic rings. The number of nitrogens with one attached hydrogen (secondary N) is 3. The van der Waals surface area contributed by atoms with Gasteiger partial charge in [-0.2, -0.15) is 0 Å². The predicted molar refractivity (Wildman–Crippen MR) is 186 cm³/mol. The zero-order valence-electron chi connectivity index (χ0n) is 27.7. The molecule has 0 spiro atoms. The number of sulfonamides is 1. The number of hydrogen-bond donors (Lipinski definition) is 3. The fourth-order valence-electron chi connectivity index (χ4n) is 6.37. The smallest absolute Gasteiger partial charge is 0.235 e. The molecule has 5 rings (SSSR count). The monoisotopic (exact) mass is 678 g/mol. The number of amides is 2. The summed E-state index contributed by atoms with van der Waals surface area (Å²) in [6, 6.07) is 13.4. The number of nitrogens with zero attached hydrogens (tertiary/aromatic N) is 1. The van der Waals surface area contributed by atoms with Crippen LogP contribution in [-0.4, -0.2) is 60.4 Å². The van der Waals surface area contributed by atoms with E-state index in [0.29, 0.717) is 78.6 Å². The molecule has 1 atom stereocenters. The lowest BCUT2D eigenvalue weighted by atomic mass is 9.95. The average Bonchev–Trinajstić information content (AvgIpc) is 3.30. The third-order valence-electron chi connectivity index (χ3n) is 8.58. The number of methoxy groups -OCH3 is 3. The third kappa shape index (κ3) is 7.51. The van der Waals surface area contributed by atoms with E-state index in [4.69, 9.17) is 14.2 Å². The van der Waals surface area contributed by atoms with Gasteiger partial charge in [-0.05, 0) is 85.2 Å². The Hall–Kier alpha value is -4.78. The van der Waals surface area contributed by atoms with Gasteiger partial charge in [0.05, 0.1) is 44.5 Å². The number of aryl methyl sites for hydroxylation is 1. The van der Waals surface area contributed by atoms with Gasteiger partial charge in [-0.25, -0.2) is 8.42 Å². The Kier molecular flexibility index (Phi) is 10.8. The van der Waals surface area contributed by atoms with Gasteiger partial charge in [0.15, 0.2) is 11.5 Å². The van der Waals surface area contributed by atoms with Crippen molar-refractivity contribution >= 4 is 38.9 Å². The number of hydrogen-bond acceptors (Lipinski definition) is 9. The molecule has 0 unspecified atom stereocenters. The minimum Gasteiger partial charge on any atom is -0.493 e. The van der Waals surface area contributed by atoms with Crippen molar-refractivity contribution < 1.29 is 32.2 Å². The Labute approximate surface area is 280 Å². The molecule has 12 nitrogen and oxygen atoms in total. The van der Waals surface area contributed by atoms with Crippen LogP contribution < -0.4 is 39.9 Å². The quantitative estimate of drug-likeness (QED) is 0.247. The van der Waals surface area contributed by atoms with Crippen molar-refractivity contribution in [3.63, 3.8) is 0 Å². The van der Waals surface area contributed by atoms with Crippen LogP contribution in [0.2, 0.25) is 0 Å². The van der Waals surface area contributed by atoms with Crippen LogP contribution in [0.5, 0.6) is 17.2 Å². The summed E-state index contributed by atoms with van der Waals surface area (Å²) in [7, 11) is 1.28. The molecule has 1 fully saturated rings. The summed E-state index contributed by atoms with van der Waals surface area (Å²) in [6.07, 6.45) is 3.20. The Balaban J connectivity index is 1.33. The largest absolute Gasteiger partial charge is 0.493 e. The number of carbonyl (C=O) groups is 2. The molecule has 48 heavy (non-hydrogen) atoms. The van der Waals surface area contributed by atoms with E-state index >= 15 is 0 Å². The van der Waals surface area contributed by atoms with E-state index in [9.17, 15) is 22.8 Å². The fraction of sp³-hybridized carbons (Fsp3) is 0.400. The van der Waals surface area contributed by atoms with Gasteiger partial charge in [0.2, 0.25) is 33.0 Å². The molecular formula is C35H42N4O8S. The maximum absolute atomic E-state index is 13.5. The van der Waals surface area contributed by atoms with E-state index in [1.165, 1.54) is 18.3 Å². The second-order valence-corrected chi connectivity index (χ2v) is 13.8. The molecule has 0 saturated carbocycles. The highest BCUT2D eigenvalue weighted by atomic mass is 32.2. The Morgan fingerprint density at radius 1 is 0.979 bits per heavy atom. The standard InChI is InChI=1S/C35H42N4O8S/c1-22(40)37-28-14-12-23-19-31(45-2)34(46-3)35(47-4)33(23)26-13-15-29(30(41)21-27(26)28)36-16-8-11-32(42)38-24-9-7-10-25(20-24)39-17-5-6-18-48(39,43)44/h7,9-10,13,15,19-21,28H,5-6,8,11-12,14,16-18H2,1-4H3,(H,36,41)(H,37,40)(H,38,42)/t28-/m1/s1. The van der Waals surface area contributed by atoms with Crippen LogP contribution in [0.1, 0.15) is 56.2 Å². The van der Waals surface area contributed by atoms with E-state index in [-0.39, 0.29) is 29.4 Å². The highest BCUT2D eigenvalue weighted by molar-refractivity contribution is 7.92. The van der Waals surface area contributed by atoms with Crippen LogP contribution in [0.3, 0.4) is 0 Å². The van der Waals surface area contributed by atoms with Crippen molar-refractivity contribution in [2.24, 2.45) is 0 Å². The predicted octanol–water partition coefficient (Wildman–Crippen LogP) is 4.62. The lowest BCUT2D eigenvalue weighted by Crippen LogP contribution is -2.37. The Morgan fingerprint density at radius 2 is 1.77 bits per heavy atom. The molecule has 1 aliphatic carbocycles. The maximum Gasteiger partial charge on any atom is 0.235 e. The molecular weight excluding hydrogens is 636 g/mol. The third-order valence-corrected chi connectivity index (χ3v) is 10.4. The number of fused-ring (bicyclic) bond motifs is 3. The zero-order chi connectivity index (χ0) is 34.4. The molecule has 1 saturated heterocycles. The topological polar surface area (TPSA) is 152 Å². The summed E-state index contributed by atoms with van der Waals surface area (Å²) in [5.74, 6) is 1.10. The normalized spacial score (nSPS) is 16.4. The van der Waals surface area contributed by atoms with Gasteiger partial charge in [-0.1, -0.05) is 12.1 Å².